The van der Waals surface area contributed by atoms with Gasteiger partial charge in [-0.3, -0.25) is 14.2 Å². The number of hydrogen-bond donors (Lipinski definition) is 2. The number of nitrogens with one attached hydrogen (secondary N) is 2. The molecule has 1 aliphatic rings. The van der Waals surface area contributed by atoms with Gasteiger partial charge < -0.3 is 10.6 Å². The van der Waals surface area contributed by atoms with Crippen LogP contribution in [0.2, 0.25) is 0 Å². The van der Waals surface area contributed by atoms with E-state index in [1.165, 1.54) is 10.9 Å². The van der Waals surface area contributed by atoms with Gasteiger partial charge in [0, 0.05) is 25.6 Å². The lowest BCUT2D eigenvalue weighted by Crippen LogP contribution is -2.37. The first-order chi connectivity index (χ1) is 11.1. The summed E-state index contributed by atoms with van der Waals surface area (Å²) in [4.78, 5) is 28.7. The van der Waals surface area contributed by atoms with Crippen LogP contribution in [-0.4, -0.2) is 34.6 Å². The van der Waals surface area contributed by atoms with E-state index in [0.29, 0.717) is 24.5 Å². The van der Waals surface area contributed by atoms with Gasteiger partial charge in [-0.05, 0) is 37.9 Å². The predicted molar refractivity (Wildman–Crippen MR) is 89.4 cm³/mol. The summed E-state index contributed by atoms with van der Waals surface area (Å²) in [6.07, 6.45) is 4.08. The molecule has 1 saturated heterocycles. The molecular weight excluding hydrogens is 292 g/mol. The summed E-state index contributed by atoms with van der Waals surface area (Å²) >= 11 is 0. The first-order valence-corrected chi connectivity index (χ1v) is 8.10. The Balaban J connectivity index is 1.61. The smallest absolute Gasteiger partial charge is 0.261 e. The minimum atomic E-state index is -0.0936. The quantitative estimate of drug-likeness (QED) is 0.862. The van der Waals surface area contributed by atoms with Crippen LogP contribution in [0.25, 0.3) is 10.9 Å². The second-order valence-corrected chi connectivity index (χ2v) is 6.06. The van der Waals surface area contributed by atoms with Crippen molar-refractivity contribution in [1.29, 1.82) is 0 Å². The van der Waals surface area contributed by atoms with E-state index in [9.17, 15) is 9.59 Å². The number of hydrogen-bond acceptors (Lipinski definition) is 4. The highest BCUT2D eigenvalue weighted by atomic mass is 16.1. The normalized spacial score (nSPS) is 17.5. The zero-order chi connectivity index (χ0) is 16.2. The van der Waals surface area contributed by atoms with Crippen LogP contribution in [0.4, 0.5) is 0 Å². The summed E-state index contributed by atoms with van der Waals surface area (Å²) in [5.41, 5.74) is 1.61. The molecule has 0 saturated carbocycles. The van der Waals surface area contributed by atoms with Gasteiger partial charge in [0.1, 0.15) is 0 Å². The Kier molecular flexibility index (Phi) is 4.71. The van der Waals surface area contributed by atoms with E-state index in [2.05, 4.69) is 15.6 Å². The Morgan fingerprint density at radius 2 is 2.35 bits per heavy atom. The number of aromatic nitrogens is 2. The first kappa shape index (κ1) is 15.7. The number of para-hydroxylation sites is 1. The van der Waals surface area contributed by atoms with Gasteiger partial charge in [0.05, 0.1) is 17.2 Å². The predicted octanol–water partition coefficient (Wildman–Crippen LogP) is 0.963. The van der Waals surface area contributed by atoms with Crippen LogP contribution in [0.1, 0.15) is 24.8 Å². The Bertz CT molecular complexity index is 763. The Labute approximate surface area is 134 Å². The molecule has 1 aromatic heterocycles. The summed E-state index contributed by atoms with van der Waals surface area (Å²) in [5, 5.41) is 6.86. The highest BCUT2D eigenvalue weighted by molar-refractivity contribution is 5.80. The summed E-state index contributed by atoms with van der Waals surface area (Å²) in [6, 6.07) is 5.95. The number of amides is 1. The van der Waals surface area contributed by atoms with Crippen LogP contribution in [0.5, 0.6) is 0 Å². The van der Waals surface area contributed by atoms with E-state index in [0.717, 1.165) is 30.5 Å². The minimum absolute atomic E-state index is 0.0325. The molecule has 1 aliphatic heterocycles. The van der Waals surface area contributed by atoms with E-state index in [1.807, 2.05) is 19.1 Å². The van der Waals surface area contributed by atoms with Crippen molar-refractivity contribution in [2.24, 2.45) is 0 Å². The highest BCUT2D eigenvalue weighted by Crippen LogP contribution is 2.11. The fourth-order valence-electron chi connectivity index (χ4n) is 2.98. The maximum absolute atomic E-state index is 12.4. The number of fused-ring (bicyclic) bond motifs is 1. The fourth-order valence-corrected chi connectivity index (χ4v) is 2.98. The van der Waals surface area contributed by atoms with Gasteiger partial charge in [-0.1, -0.05) is 12.1 Å². The molecule has 1 unspecified atom stereocenters. The lowest BCUT2D eigenvalue weighted by molar-refractivity contribution is -0.121. The van der Waals surface area contributed by atoms with Crippen molar-refractivity contribution >= 4 is 16.8 Å². The number of carbonyl (C=O) groups is 1. The topological polar surface area (TPSA) is 76.0 Å². The zero-order valence-corrected chi connectivity index (χ0v) is 13.3. The summed E-state index contributed by atoms with van der Waals surface area (Å²) in [7, 11) is 0. The van der Waals surface area contributed by atoms with E-state index in [4.69, 9.17) is 0 Å². The van der Waals surface area contributed by atoms with Crippen LogP contribution in [0.15, 0.2) is 29.3 Å². The van der Waals surface area contributed by atoms with Crippen molar-refractivity contribution in [3.63, 3.8) is 0 Å². The van der Waals surface area contributed by atoms with E-state index < -0.39 is 0 Å². The van der Waals surface area contributed by atoms with Crippen molar-refractivity contribution in [2.75, 3.05) is 13.1 Å². The summed E-state index contributed by atoms with van der Waals surface area (Å²) < 4.78 is 1.51. The number of benzene rings is 1. The third-order valence-electron chi connectivity index (χ3n) is 4.34. The molecule has 1 atom stereocenters. The molecular formula is C17H22N4O2. The van der Waals surface area contributed by atoms with Crippen molar-refractivity contribution in [3.8, 4) is 0 Å². The van der Waals surface area contributed by atoms with Gasteiger partial charge in [0.25, 0.3) is 5.56 Å². The molecule has 6 nitrogen and oxygen atoms in total. The van der Waals surface area contributed by atoms with Crippen LogP contribution in [-0.2, 0) is 11.3 Å². The zero-order valence-electron chi connectivity index (χ0n) is 13.3. The van der Waals surface area contributed by atoms with E-state index >= 15 is 0 Å². The molecule has 3 rings (SSSR count). The summed E-state index contributed by atoms with van der Waals surface area (Å²) in [5.74, 6) is -0.0325. The lowest BCUT2D eigenvalue weighted by Gasteiger charge is -2.12. The Morgan fingerprint density at radius 3 is 3.13 bits per heavy atom. The van der Waals surface area contributed by atoms with Crippen molar-refractivity contribution in [2.45, 2.75) is 38.8 Å². The van der Waals surface area contributed by atoms with Crippen LogP contribution in [0, 0.1) is 6.92 Å². The Hall–Kier alpha value is -2.21. The first-order valence-electron chi connectivity index (χ1n) is 8.10. The molecule has 1 fully saturated rings. The highest BCUT2D eigenvalue weighted by Gasteiger charge is 2.14. The lowest BCUT2D eigenvalue weighted by atomic mass is 10.1. The Morgan fingerprint density at radius 1 is 1.48 bits per heavy atom. The fraction of sp³-hybridized carbons (Fsp3) is 0.471. The molecule has 1 amide bonds. The van der Waals surface area contributed by atoms with Gasteiger partial charge >= 0.3 is 0 Å². The molecule has 0 aliphatic carbocycles. The molecule has 2 aromatic rings. The molecule has 122 valence electrons. The van der Waals surface area contributed by atoms with Gasteiger partial charge in [0.2, 0.25) is 5.91 Å². The number of nitrogens with zero attached hydrogens (tertiary/aromatic N) is 2. The molecule has 0 bridgehead atoms. The standard InChI is InChI=1S/C17H22N4O2/c1-12-4-2-6-14-16(12)20-11-21(17(14)23)9-7-15(22)19-10-13-5-3-8-18-13/h2,4,6,11,13,18H,3,5,7-10H2,1H3,(H,19,22). The molecule has 2 N–H and O–H groups in total. The molecule has 1 aromatic carbocycles. The van der Waals surface area contributed by atoms with Gasteiger partial charge in [0.15, 0.2) is 0 Å². The van der Waals surface area contributed by atoms with Gasteiger partial charge in [-0.25, -0.2) is 4.98 Å². The molecule has 23 heavy (non-hydrogen) atoms. The van der Waals surface area contributed by atoms with Crippen molar-refractivity contribution in [1.82, 2.24) is 20.2 Å². The average Bonchev–Trinajstić information content (AvgIpc) is 3.06. The van der Waals surface area contributed by atoms with Crippen LogP contribution in [0.3, 0.4) is 0 Å². The maximum atomic E-state index is 12.4. The third-order valence-corrected chi connectivity index (χ3v) is 4.34. The average molecular weight is 314 g/mol. The van der Waals surface area contributed by atoms with Gasteiger partial charge in [-0.15, -0.1) is 0 Å². The number of rotatable bonds is 5. The second kappa shape index (κ2) is 6.91. The van der Waals surface area contributed by atoms with Crippen molar-refractivity contribution in [3.05, 3.63) is 40.4 Å². The van der Waals surface area contributed by atoms with Crippen LogP contribution >= 0.6 is 0 Å². The summed E-state index contributed by atoms with van der Waals surface area (Å²) in [6.45, 7) is 3.96. The van der Waals surface area contributed by atoms with E-state index in [-0.39, 0.29) is 17.9 Å². The largest absolute Gasteiger partial charge is 0.354 e. The monoisotopic (exact) mass is 314 g/mol. The molecule has 0 radical (unpaired) electrons. The minimum Gasteiger partial charge on any atom is -0.354 e. The molecule has 2 heterocycles. The SMILES string of the molecule is Cc1cccc2c(=O)n(CCC(=O)NCC3CCCN3)cnc12. The van der Waals surface area contributed by atoms with Gasteiger partial charge in [-0.2, -0.15) is 0 Å². The van der Waals surface area contributed by atoms with Crippen LogP contribution < -0.4 is 16.2 Å². The van der Waals surface area contributed by atoms with Crippen molar-refractivity contribution < 1.29 is 4.79 Å². The third kappa shape index (κ3) is 3.59. The number of carbonyl (C=O) groups excluding carboxylic acids is 1. The number of aryl methyl sites for hydroxylation is 2. The second-order valence-electron chi connectivity index (χ2n) is 6.06. The molecule has 6 heteroatoms. The van der Waals surface area contributed by atoms with E-state index in [1.54, 1.807) is 6.07 Å². The molecule has 0 spiro atoms. The maximum Gasteiger partial charge on any atom is 0.261 e.